The van der Waals surface area contributed by atoms with Crippen molar-refractivity contribution in [3.05, 3.63) is 58.9 Å². The lowest BCUT2D eigenvalue weighted by Gasteiger charge is -2.44. The minimum absolute atomic E-state index is 0.0173. The third-order valence-corrected chi connectivity index (χ3v) is 9.29. The normalized spacial score (nSPS) is 19.0. The zero-order valence-corrected chi connectivity index (χ0v) is 28.5. The summed E-state index contributed by atoms with van der Waals surface area (Å²) in [4.78, 5) is 30.5. The smallest absolute Gasteiger partial charge is 0.409 e. The number of likely N-dealkylation sites (tertiary alicyclic amines) is 1. The van der Waals surface area contributed by atoms with Crippen LogP contribution in [-0.4, -0.2) is 63.8 Å². The number of amides is 1. The molecule has 5 heterocycles. The van der Waals surface area contributed by atoms with E-state index < -0.39 is 11.4 Å². The molecule has 1 aromatic carbocycles. The SMILES string of the molecule is C#CO.CC.CC1CN(C(=O)OCCCCCc2nc(N3CCCC3)c3oc4ccccc4c3n2)CCC1(C)c1cc(Cl)cnc1F. The molecule has 0 bridgehead atoms. The number of ether oxygens (including phenoxy) is 1. The number of furan rings is 1. The van der Waals surface area contributed by atoms with Crippen LogP contribution < -0.4 is 4.90 Å². The molecule has 11 heteroatoms. The number of carbonyl (C=O) groups is 1. The molecule has 252 valence electrons. The van der Waals surface area contributed by atoms with E-state index in [1.54, 1.807) is 11.0 Å². The number of pyridine rings is 1. The van der Waals surface area contributed by atoms with Crippen LogP contribution in [0.25, 0.3) is 22.1 Å². The molecule has 3 aromatic heterocycles. The van der Waals surface area contributed by atoms with Crippen molar-refractivity contribution in [1.82, 2.24) is 19.9 Å². The fourth-order valence-corrected chi connectivity index (χ4v) is 6.47. The van der Waals surface area contributed by atoms with Gasteiger partial charge in [-0.05, 0) is 62.6 Å². The highest BCUT2D eigenvalue weighted by Gasteiger charge is 2.41. The maximum Gasteiger partial charge on any atom is 0.409 e. The van der Waals surface area contributed by atoms with Crippen molar-refractivity contribution in [2.45, 2.75) is 78.1 Å². The summed E-state index contributed by atoms with van der Waals surface area (Å²) >= 11 is 6.10. The molecule has 6 rings (SSSR count). The summed E-state index contributed by atoms with van der Waals surface area (Å²) in [7, 11) is 0. The van der Waals surface area contributed by atoms with E-state index in [4.69, 9.17) is 35.8 Å². The van der Waals surface area contributed by atoms with Gasteiger partial charge in [0.05, 0.1) is 11.6 Å². The molecule has 2 aliphatic rings. The average Bonchev–Trinajstić information content (AvgIpc) is 3.75. The van der Waals surface area contributed by atoms with Gasteiger partial charge in [0.1, 0.15) is 23.0 Å². The van der Waals surface area contributed by atoms with Crippen LogP contribution in [0.5, 0.6) is 0 Å². The van der Waals surface area contributed by atoms with Gasteiger partial charge in [0.2, 0.25) is 5.95 Å². The summed E-state index contributed by atoms with van der Waals surface area (Å²) in [6.07, 6.45) is 12.7. The Kier molecular flexibility index (Phi) is 12.7. The highest BCUT2D eigenvalue weighted by atomic mass is 35.5. The van der Waals surface area contributed by atoms with Crippen LogP contribution in [0.15, 0.2) is 40.9 Å². The zero-order valence-electron chi connectivity index (χ0n) is 27.8. The largest absolute Gasteiger partial charge is 0.462 e. The van der Waals surface area contributed by atoms with Gasteiger partial charge in [-0.1, -0.05) is 57.9 Å². The van der Waals surface area contributed by atoms with E-state index in [2.05, 4.69) is 22.4 Å². The molecule has 9 nitrogen and oxygen atoms in total. The van der Waals surface area contributed by atoms with E-state index in [1.165, 1.54) is 12.3 Å². The van der Waals surface area contributed by atoms with Crippen LogP contribution in [0.3, 0.4) is 0 Å². The third-order valence-electron chi connectivity index (χ3n) is 9.09. The van der Waals surface area contributed by atoms with Gasteiger partial charge < -0.3 is 24.1 Å². The summed E-state index contributed by atoms with van der Waals surface area (Å²) in [6.45, 7) is 11.4. The molecule has 1 N–H and O–H groups in total. The molecule has 2 unspecified atom stereocenters. The van der Waals surface area contributed by atoms with E-state index in [-0.39, 0.29) is 12.0 Å². The fourth-order valence-electron chi connectivity index (χ4n) is 6.32. The lowest BCUT2D eigenvalue weighted by atomic mass is 9.68. The number of hydrogen-bond acceptors (Lipinski definition) is 8. The van der Waals surface area contributed by atoms with Crippen LogP contribution in [0.4, 0.5) is 15.0 Å². The summed E-state index contributed by atoms with van der Waals surface area (Å²) < 4.78 is 26.3. The molecular weight excluding hydrogens is 621 g/mol. The second-order valence-corrected chi connectivity index (χ2v) is 12.4. The minimum atomic E-state index is -0.500. The van der Waals surface area contributed by atoms with E-state index in [9.17, 15) is 9.18 Å². The molecule has 1 amide bonds. The predicted molar refractivity (Wildman–Crippen MR) is 184 cm³/mol. The summed E-state index contributed by atoms with van der Waals surface area (Å²) in [5.74, 6) is 1.24. The Labute approximate surface area is 281 Å². The molecule has 0 aliphatic carbocycles. The number of benzene rings is 1. The van der Waals surface area contributed by atoms with E-state index >= 15 is 0 Å². The van der Waals surface area contributed by atoms with Gasteiger partial charge in [-0.3, -0.25) is 0 Å². The topological polar surface area (TPSA) is 105 Å². The monoisotopic (exact) mass is 665 g/mol. The molecule has 2 saturated heterocycles. The number of rotatable bonds is 8. The molecule has 2 fully saturated rings. The van der Waals surface area contributed by atoms with Gasteiger partial charge in [0.25, 0.3) is 0 Å². The summed E-state index contributed by atoms with van der Waals surface area (Å²) in [5.41, 5.74) is 2.54. The highest BCUT2D eigenvalue weighted by Crippen LogP contribution is 2.41. The number of aliphatic hydroxyl groups is 1. The average molecular weight is 666 g/mol. The number of aryl methyl sites for hydroxylation is 1. The quantitative estimate of drug-likeness (QED) is 0.114. The molecule has 2 atom stereocenters. The van der Waals surface area contributed by atoms with Gasteiger partial charge in [-0.2, -0.15) is 4.39 Å². The van der Waals surface area contributed by atoms with Crippen molar-refractivity contribution < 1.29 is 23.4 Å². The number of hydrogen-bond donors (Lipinski definition) is 1. The van der Waals surface area contributed by atoms with Gasteiger partial charge in [-0.25, -0.2) is 19.7 Å². The zero-order chi connectivity index (χ0) is 34.0. The number of piperidine rings is 1. The maximum atomic E-state index is 14.5. The molecule has 2 aliphatic heterocycles. The standard InChI is InChI=1S/C32H37ClFN5O3.C2H2O.C2H6/c1-21-20-39(16-13-32(21,2)24-18-22(33)19-35-29(24)34)31(40)41-17-9-3-4-12-26-36-27-23-10-5-6-11-25(23)42-28(27)30(37-26)38-14-7-8-15-38;1-2-3;1-2/h5-6,10-11,18-19,21H,3-4,7-9,12-17,20H2,1-2H3;1,3H;1-2H3. The first kappa shape index (κ1) is 35.7. The summed E-state index contributed by atoms with van der Waals surface area (Å²) in [6, 6.07) is 9.67. The van der Waals surface area contributed by atoms with Gasteiger partial charge in [0, 0.05) is 55.2 Å². The van der Waals surface area contributed by atoms with Crippen LogP contribution in [-0.2, 0) is 16.6 Å². The first-order valence-electron chi connectivity index (χ1n) is 16.5. The van der Waals surface area contributed by atoms with Crippen LogP contribution in [0.1, 0.15) is 77.6 Å². The van der Waals surface area contributed by atoms with Gasteiger partial charge in [0.15, 0.2) is 11.4 Å². The predicted octanol–water partition coefficient (Wildman–Crippen LogP) is 8.29. The van der Waals surface area contributed by atoms with E-state index in [0.717, 1.165) is 85.3 Å². The number of anilines is 1. The van der Waals surface area contributed by atoms with Gasteiger partial charge >= 0.3 is 6.09 Å². The number of carbonyl (C=O) groups excluding carboxylic acids is 1. The Morgan fingerprint density at radius 1 is 1.19 bits per heavy atom. The highest BCUT2D eigenvalue weighted by molar-refractivity contribution is 6.30. The number of aliphatic hydroxyl groups excluding tert-OH is 1. The van der Waals surface area contributed by atoms with Crippen molar-refractivity contribution in [2.24, 2.45) is 5.92 Å². The number of aromatic nitrogens is 3. The van der Waals surface area contributed by atoms with Crippen molar-refractivity contribution in [2.75, 3.05) is 37.7 Å². The molecule has 0 spiro atoms. The Hall–Kier alpha value is -4.10. The third kappa shape index (κ3) is 8.25. The lowest BCUT2D eigenvalue weighted by Crippen LogP contribution is -2.50. The fraction of sp³-hybridized carbons (Fsp3) is 0.500. The van der Waals surface area contributed by atoms with Crippen LogP contribution in [0, 0.1) is 24.4 Å². The minimum Gasteiger partial charge on any atom is -0.462 e. The number of nitrogens with zero attached hydrogens (tertiary/aromatic N) is 5. The maximum absolute atomic E-state index is 14.5. The summed E-state index contributed by atoms with van der Waals surface area (Å²) in [5, 5.41) is 8.53. The Morgan fingerprint density at radius 3 is 2.64 bits per heavy atom. The second-order valence-electron chi connectivity index (χ2n) is 12.0. The Balaban J connectivity index is 0.000000947. The molecular formula is C36H45ClFN5O4. The molecule has 0 radical (unpaired) electrons. The van der Waals surface area contributed by atoms with Gasteiger partial charge in [-0.15, -0.1) is 0 Å². The number of para-hydroxylation sites is 1. The number of halogens is 2. The Bertz CT molecular complexity index is 1690. The molecule has 47 heavy (non-hydrogen) atoms. The van der Waals surface area contributed by atoms with Crippen LogP contribution >= 0.6 is 11.6 Å². The van der Waals surface area contributed by atoms with Crippen molar-refractivity contribution in [3.8, 4) is 12.5 Å². The van der Waals surface area contributed by atoms with Crippen molar-refractivity contribution >= 4 is 45.6 Å². The first-order chi connectivity index (χ1) is 22.7. The van der Waals surface area contributed by atoms with E-state index in [0.29, 0.717) is 36.7 Å². The lowest BCUT2D eigenvalue weighted by molar-refractivity contribution is 0.0640. The van der Waals surface area contributed by atoms with Crippen LogP contribution in [0.2, 0.25) is 5.02 Å². The Morgan fingerprint density at radius 2 is 1.91 bits per heavy atom. The van der Waals surface area contributed by atoms with Crippen molar-refractivity contribution in [1.29, 1.82) is 0 Å². The second kappa shape index (κ2) is 16.6. The molecule has 0 saturated carbocycles. The number of unbranched alkanes of at least 4 members (excludes halogenated alkanes) is 2. The number of fused-ring (bicyclic) bond motifs is 3. The van der Waals surface area contributed by atoms with E-state index in [1.807, 2.05) is 45.9 Å². The van der Waals surface area contributed by atoms with Crippen molar-refractivity contribution in [3.63, 3.8) is 0 Å². The molecule has 4 aromatic rings. The number of terminal acetylenes is 1. The first-order valence-corrected chi connectivity index (χ1v) is 16.9.